The molecule has 0 unspecified atom stereocenters. The van der Waals surface area contributed by atoms with E-state index in [4.69, 9.17) is 9.47 Å². The number of anilines is 2. The summed E-state index contributed by atoms with van der Waals surface area (Å²) < 4.78 is 13.1. The molecule has 10 nitrogen and oxygen atoms in total. The number of hydrogen-bond donors (Lipinski definition) is 1. The summed E-state index contributed by atoms with van der Waals surface area (Å²) >= 11 is 0. The van der Waals surface area contributed by atoms with Crippen LogP contribution < -0.4 is 21.4 Å². The Hall–Kier alpha value is -3.95. The summed E-state index contributed by atoms with van der Waals surface area (Å²) in [6.07, 6.45) is 7.40. The van der Waals surface area contributed by atoms with Gasteiger partial charge in [0.2, 0.25) is 11.8 Å². The molecule has 2 heterocycles. The summed E-state index contributed by atoms with van der Waals surface area (Å²) in [7, 11) is 1.27. The van der Waals surface area contributed by atoms with Crippen molar-refractivity contribution >= 4 is 17.6 Å². The summed E-state index contributed by atoms with van der Waals surface area (Å²) in [5, 5.41) is 3.06. The Balaban J connectivity index is 1.62. The van der Waals surface area contributed by atoms with E-state index in [9.17, 15) is 14.4 Å². The number of hydrogen-bond acceptors (Lipinski definition) is 8. The largest absolute Gasteiger partial charge is 0.474 e. The lowest BCUT2D eigenvalue weighted by molar-refractivity contribution is -0.145. The van der Waals surface area contributed by atoms with Gasteiger partial charge < -0.3 is 14.8 Å². The zero-order valence-corrected chi connectivity index (χ0v) is 21.5. The van der Waals surface area contributed by atoms with Gasteiger partial charge in [0.15, 0.2) is 0 Å². The van der Waals surface area contributed by atoms with Crippen LogP contribution in [0.25, 0.3) is 0 Å². The first-order chi connectivity index (χ1) is 17.8. The van der Waals surface area contributed by atoms with Crippen LogP contribution >= 0.6 is 0 Å². The number of benzene rings is 1. The number of methoxy groups -OCH3 is 1. The van der Waals surface area contributed by atoms with Gasteiger partial charge in [0.1, 0.15) is 6.10 Å². The highest BCUT2D eigenvalue weighted by molar-refractivity contribution is 5.71. The molecular weight excluding hydrogens is 474 g/mol. The van der Waals surface area contributed by atoms with E-state index in [0.29, 0.717) is 11.6 Å². The highest BCUT2D eigenvalue weighted by Gasteiger charge is 2.20. The summed E-state index contributed by atoms with van der Waals surface area (Å²) in [6, 6.07) is 11.3. The van der Waals surface area contributed by atoms with Crippen LogP contribution in [0.3, 0.4) is 0 Å². The van der Waals surface area contributed by atoms with Gasteiger partial charge in [-0.05, 0) is 44.2 Å². The summed E-state index contributed by atoms with van der Waals surface area (Å²) in [6.45, 7) is 3.61. The van der Waals surface area contributed by atoms with Crippen molar-refractivity contribution in [1.29, 1.82) is 0 Å². The fourth-order valence-electron chi connectivity index (χ4n) is 4.36. The molecule has 0 spiro atoms. The van der Waals surface area contributed by atoms with Gasteiger partial charge in [-0.25, -0.2) is 19.1 Å². The molecule has 0 saturated heterocycles. The van der Waals surface area contributed by atoms with E-state index in [1.54, 1.807) is 25.3 Å². The van der Waals surface area contributed by atoms with Crippen molar-refractivity contribution < 1.29 is 14.3 Å². The van der Waals surface area contributed by atoms with Crippen molar-refractivity contribution in [1.82, 2.24) is 19.1 Å². The maximum atomic E-state index is 13.5. The molecule has 1 aliphatic rings. The van der Waals surface area contributed by atoms with Gasteiger partial charge in [-0.3, -0.25) is 9.36 Å². The molecule has 1 fully saturated rings. The van der Waals surface area contributed by atoms with Crippen LogP contribution in [-0.2, 0) is 22.6 Å². The monoisotopic (exact) mass is 507 g/mol. The second-order valence-electron chi connectivity index (χ2n) is 9.50. The second-order valence-corrected chi connectivity index (χ2v) is 9.50. The van der Waals surface area contributed by atoms with E-state index < -0.39 is 23.3 Å². The third-order valence-electron chi connectivity index (χ3n) is 6.50. The number of nitrogens with zero attached hydrogens (tertiary/aromatic N) is 4. The molecule has 37 heavy (non-hydrogen) atoms. The molecule has 0 radical (unpaired) electrons. The maximum absolute atomic E-state index is 13.5. The molecule has 0 aliphatic heterocycles. The number of aryl methyl sites for hydroxylation is 1. The van der Waals surface area contributed by atoms with Crippen LogP contribution in [-0.4, -0.2) is 38.3 Å². The highest BCUT2D eigenvalue weighted by atomic mass is 16.5. The minimum absolute atomic E-state index is 0.0836. The molecule has 196 valence electrons. The number of rotatable bonds is 9. The first kappa shape index (κ1) is 26.1. The van der Waals surface area contributed by atoms with Gasteiger partial charge in [0.25, 0.3) is 0 Å². The molecule has 1 saturated carbocycles. The number of carbonyl (C=O) groups is 1. The number of nitrogens with one attached hydrogen (secondary N) is 1. The molecule has 1 aliphatic carbocycles. The average molecular weight is 508 g/mol. The third kappa shape index (κ3) is 6.63. The molecular formula is C27H33N5O5. The number of esters is 1. The fourth-order valence-corrected chi connectivity index (χ4v) is 4.36. The van der Waals surface area contributed by atoms with Crippen LogP contribution in [0.2, 0.25) is 0 Å². The first-order valence-corrected chi connectivity index (χ1v) is 12.6. The van der Waals surface area contributed by atoms with E-state index in [2.05, 4.69) is 15.3 Å². The van der Waals surface area contributed by atoms with Crippen molar-refractivity contribution in [3.8, 4) is 5.88 Å². The number of aromatic nitrogens is 4. The summed E-state index contributed by atoms with van der Waals surface area (Å²) in [5.41, 5.74) is 1.17. The van der Waals surface area contributed by atoms with Crippen molar-refractivity contribution in [3.05, 3.63) is 74.7 Å². The maximum Gasteiger partial charge on any atom is 0.354 e. The van der Waals surface area contributed by atoms with Gasteiger partial charge in [-0.15, -0.1) is 0 Å². The van der Waals surface area contributed by atoms with Gasteiger partial charge in [-0.1, -0.05) is 43.2 Å². The Morgan fingerprint density at radius 2 is 1.81 bits per heavy atom. The van der Waals surface area contributed by atoms with Gasteiger partial charge in [-0.2, -0.15) is 4.98 Å². The quantitative estimate of drug-likeness (QED) is 0.438. The van der Waals surface area contributed by atoms with Crippen molar-refractivity contribution in [2.45, 2.75) is 65.1 Å². The average Bonchev–Trinajstić information content (AvgIpc) is 2.91. The SMILES string of the molecule is COC(=O)[C@@H](C)Cn1c(=O)nc(Nc2ccc(OC3CCCCC3)nc2)n(Cc2ccc(C)cc2)c1=O. The minimum atomic E-state index is -0.756. The zero-order chi connectivity index (χ0) is 26.4. The van der Waals surface area contributed by atoms with Gasteiger partial charge in [0, 0.05) is 12.6 Å². The van der Waals surface area contributed by atoms with Crippen molar-refractivity contribution in [2.24, 2.45) is 5.92 Å². The normalized spacial score (nSPS) is 14.7. The minimum Gasteiger partial charge on any atom is -0.474 e. The Morgan fingerprint density at radius 3 is 2.46 bits per heavy atom. The molecule has 4 rings (SSSR count). The molecule has 10 heteroatoms. The predicted octanol–water partition coefficient (Wildman–Crippen LogP) is 3.42. The Morgan fingerprint density at radius 1 is 1.08 bits per heavy atom. The number of pyridine rings is 1. The molecule has 1 atom stereocenters. The van der Waals surface area contributed by atoms with E-state index in [0.717, 1.165) is 28.5 Å². The van der Waals surface area contributed by atoms with E-state index >= 15 is 0 Å². The van der Waals surface area contributed by atoms with Crippen LogP contribution in [0.4, 0.5) is 11.6 Å². The highest BCUT2D eigenvalue weighted by Crippen LogP contribution is 2.23. The molecule has 1 aromatic carbocycles. The number of ether oxygens (including phenoxy) is 2. The second kappa shape index (κ2) is 11.9. The van der Waals surface area contributed by atoms with Crippen LogP contribution in [0.15, 0.2) is 52.2 Å². The molecule has 0 bridgehead atoms. The van der Waals surface area contributed by atoms with Gasteiger partial charge in [0.05, 0.1) is 31.5 Å². The van der Waals surface area contributed by atoms with Crippen LogP contribution in [0.1, 0.15) is 50.2 Å². The fraction of sp³-hybridized carbons (Fsp3) is 0.444. The topological polar surface area (TPSA) is 117 Å². The lowest BCUT2D eigenvalue weighted by Gasteiger charge is -2.22. The molecule has 0 amide bonds. The Bertz CT molecular complexity index is 1330. The van der Waals surface area contributed by atoms with Crippen molar-refractivity contribution in [3.63, 3.8) is 0 Å². The standard InChI is InChI=1S/C27H33N5O5/c1-18-9-11-20(12-10-18)17-31-25(30-26(34)32(27(31)35)16-19(2)24(33)36-3)29-21-13-14-23(28-15-21)37-22-7-5-4-6-8-22/h9-15,19,22H,4-8,16-17H2,1-3H3,(H,29,30,34)/t19-/m0/s1. The molecule has 3 aromatic rings. The Kier molecular flexibility index (Phi) is 8.37. The van der Waals surface area contributed by atoms with E-state index in [1.165, 1.54) is 30.9 Å². The first-order valence-electron chi connectivity index (χ1n) is 12.6. The van der Waals surface area contributed by atoms with Gasteiger partial charge >= 0.3 is 17.3 Å². The predicted molar refractivity (Wildman–Crippen MR) is 139 cm³/mol. The number of carbonyl (C=O) groups excluding carboxylic acids is 1. The van der Waals surface area contributed by atoms with E-state index in [1.807, 2.05) is 31.2 Å². The van der Waals surface area contributed by atoms with E-state index in [-0.39, 0.29) is 25.1 Å². The lowest BCUT2D eigenvalue weighted by Crippen LogP contribution is -2.44. The van der Waals surface area contributed by atoms with Crippen LogP contribution in [0, 0.1) is 12.8 Å². The lowest BCUT2D eigenvalue weighted by atomic mass is 9.98. The van der Waals surface area contributed by atoms with Crippen LogP contribution in [0.5, 0.6) is 5.88 Å². The summed E-state index contributed by atoms with van der Waals surface area (Å²) in [4.78, 5) is 46.7. The summed E-state index contributed by atoms with van der Waals surface area (Å²) in [5.74, 6) is -0.583. The molecule has 1 N–H and O–H groups in total. The zero-order valence-electron chi connectivity index (χ0n) is 21.5. The smallest absolute Gasteiger partial charge is 0.354 e. The third-order valence-corrected chi connectivity index (χ3v) is 6.50. The Labute approximate surface area is 215 Å². The molecule has 2 aromatic heterocycles. The van der Waals surface area contributed by atoms with Crippen molar-refractivity contribution in [2.75, 3.05) is 12.4 Å².